The predicted molar refractivity (Wildman–Crippen MR) is 80.7 cm³/mol. The van der Waals surface area contributed by atoms with Crippen LogP contribution in [0.3, 0.4) is 0 Å². The van der Waals surface area contributed by atoms with Gasteiger partial charge in [-0.3, -0.25) is 4.79 Å². The number of ether oxygens (including phenoxy) is 1. The van der Waals surface area contributed by atoms with E-state index >= 15 is 0 Å². The van der Waals surface area contributed by atoms with Crippen LogP contribution in [0.5, 0.6) is 5.75 Å². The number of aliphatic carboxylic acids is 1. The van der Waals surface area contributed by atoms with Crippen molar-refractivity contribution in [3.8, 4) is 5.75 Å². The summed E-state index contributed by atoms with van der Waals surface area (Å²) in [7, 11) is 0. The molecule has 1 aromatic rings. The molecule has 1 aliphatic heterocycles. The van der Waals surface area contributed by atoms with Gasteiger partial charge < -0.3 is 15.2 Å². The van der Waals surface area contributed by atoms with Gasteiger partial charge in [-0.2, -0.15) is 0 Å². The lowest BCUT2D eigenvalue weighted by Gasteiger charge is -2.23. The molecule has 2 N–H and O–H groups in total. The Morgan fingerprint density at radius 2 is 2.00 bits per heavy atom. The molecule has 5 heteroatoms. The van der Waals surface area contributed by atoms with E-state index in [4.69, 9.17) is 4.74 Å². The molecule has 5 nitrogen and oxygen atoms in total. The average molecular weight is 303 g/mol. The van der Waals surface area contributed by atoms with Crippen molar-refractivity contribution in [2.45, 2.75) is 44.6 Å². The molecular formula is C17H21NO4. The van der Waals surface area contributed by atoms with Gasteiger partial charge in [-0.15, -0.1) is 0 Å². The van der Waals surface area contributed by atoms with E-state index in [-0.39, 0.29) is 11.8 Å². The van der Waals surface area contributed by atoms with Crippen LogP contribution in [-0.2, 0) is 16.0 Å². The van der Waals surface area contributed by atoms with Gasteiger partial charge in [0, 0.05) is 12.3 Å². The number of hydrogen-bond donors (Lipinski definition) is 2. The number of nitrogens with one attached hydrogen (secondary N) is 1. The second kappa shape index (κ2) is 6.38. The third-order valence-corrected chi connectivity index (χ3v) is 4.56. The summed E-state index contributed by atoms with van der Waals surface area (Å²) in [6.45, 7) is 0.630. The number of carbonyl (C=O) groups is 2. The van der Waals surface area contributed by atoms with Crippen molar-refractivity contribution in [3.05, 3.63) is 29.3 Å². The number of rotatable bonds is 4. The van der Waals surface area contributed by atoms with Crippen molar-refractivity contribution in [3.63, 3.8) is 0 Å². The fourth-order valence-corrected chi connectivity index (χ4v) is 3.30. The van der Waals surface area contributed by atoms with E-state index in [1.54, 1.807) is 12.1 Å². The highest BCUT2D eigenvalue weighted by molar-refractivity contribution is 5.86. The van der Waals surface area contributed by atoms with Crippen molar-refractivity contribution in [1.82, 2.24) is 5.32 Å². The Labute approximate surface area is 129 Å². The van der Waals surface area contributed by atoms with Gasteiger partial charge in [0.05, 0.1) is 6.61 Å². The minimum Gasteiger partial charge on any atom is -0.493 e. The highest BCUT2D eigenvalue weighted by Gasteiger charge is 2.28. The maximum absolute atomic E-state index is 12.3. The zero-order valence-electron chi connectivity index (χ0n) is 12.5. The van der Waals surface area contributed by atoms with Gasteiger partial charge >= 0.3 is 5.97 Å². The molecule has 1 heterocycles. The zero-order valence-corrected chi connectivity index (χ0v) is 12.5. The number of hydrogen-bond acceptors (Lipinski definition) is 3. The molecule has 1 atom stereocenters. The Kier molecular flexibility index (Phi) is 4.32. The van der Waals surface area contributed by atoms with Gasteiger partial charge in [-0.1, -0.05) is 25.3 Å². The Hall–Kier alpha value is -2.04. The number of carboxylic acids is 1. The van der Waals surface area contributed by atoms with Gasteiger partial charge in [0.1, 0.15) is 5.75 Å². The molecule has 0 saturated heterocycles. The summed E-state index contributed by atoms with van der Waals surface area (Å²) in [6, 6.07) is 4.37. The number of fused-ring (bicyclic) bond motifs is 1. The summed E-state index contributed by atoms with van der Waals surface area (Å²) in [6.07, 6.45) is 5.76. The molecule has 118 valence electrons. The normalized spacial score (nSPS) is 19.1. The fraction of sp³-hybridized carbons (Fsp3) is 0.529. The quantitative estimate of drug-likeness (QED) is 0.896. The van der Waals surface area contributed by atoms with Crippen LogP contribution >= 0.6 is 0 Å². The zero-order chi connectivity index (χ0) is 15.5. The Bertz CT molecular complexity index is 578. The summed E-state index contributed by atoms with van der Waals surface area (Å²) < 4.78 is 5.44. The fourth-order valence-electron chi connectivity index (χ4n) is 3.30. The summed E-state index contributed by atoms with van der Waals surface area (Å²) in [5, 5.41) is 12.2. The standard InChI is InChI=1S/C17H21NO4/c19-16(11-4-2-1-3-5-11)18-15(17(20)21)13-6-7-14-12(10-13)8-9-22-14/h6-7,10-11,15H,1-5,8-9H2,(H,18,19)(H,20,21). The van der Waals surface area contributed by atoms with E-state index in [1.807, 2.05) is 6.07 Å². The molecule has 2 aliphatic rings. The van der Waals surface area contributed by atoms with Gasteiger partial charge in [-0.05, 0) is 36.1 Å². The van der Waals surface area contributed by atoms with Crippen LogP contribution in [0.4, 0.5) is 0 Å². The van der Waals surface area contributed by atoms with E-state index in [2.05, 4.69) is 5.32 Å². The summed E-state index contributed by atoms with van der Waals surface area (Å²) in [4.78, 5) is 23.9. The number of carboxylic acid groups (broad SMARTS) is 1. The monoisotopic (exact) mass is 303 g/mol. The Balaban J connectivity index is 1.75. The lowest BCUT2D eigenvalue weighted by atomic mass is 9.88. The minimum atomic E-state index is -1.02. The third-order valence-electron chi connectivity index (χ3n) is 4.56. The molecule has 1 saturated carbocycles. The summed E-state index contributed by atoms with van der Waals surface area (Å²) in [5.41, 5.74) is 1.62. The molecule has 1 aromatic carbocycles. The van der Waals surface area contributed by atoms with Gasteiger partial charge in [-0.25, -0.2) is 4.79 Å². The maximum atomic E-state index is 12.3. The number of amides is 1. The third kappa shape index (κ3) is 3.08. The topological polar surface area (TPSA) is 75.6 Å². The van der Waals surface area contributed by atoms with E-state index in [0.717, 1.165) is 49.8 Å². The van der Waals surface area contributed by atoms with Crippen LogP contribution in [0.1, 0.15) is 49.3 Å². The van der Waals surface area contributed by atoms with Gasteiger partial charge in [0.2, 0.25) is 5.91 Å². The molecule has 1 fully saturated rings. The smallest absolute Gasteiger partial charge is 0.330 e. The number of carbonyl (C=O) groups excluding carboxylic acids is 1. The van der Waals surface area contributed by atoms with Gasteiger partial charge in [0.25, 0.3) is 0 Å². The summed E-state index contributed by atoms with van der Waals surface area (Å²) in [5.74, 6) is -0.397. The second-order valence-electron chi connectivity index (χ2n) is 6.08. The maximum Gasteiger partial charge on any atom is 0.330 e. The van der Waals surface area contributed by atoms with Crippen LogP contribution < -0.4 is 10.1 Å². The first-order valence-electron chi connectivity index (χ1n) is 7.94. The minimum absolute atomic E-state index is 0.0478. The molecule has 0 spiro atoms. The molecule has 0 aromatic heterocycles. The van der Waals surface area contributed by atoms with E-state index in [0.29, 0.717) is 12.2 Å². The van der Waals surface area contributed by atoms with Crippen LogP contribution in [0.25, 0.3) is 0 Å². The van der Waals surface area contributed by atoms with Crippen molar-refractivity contribution in [1.29, 1.82) is 0 Å². The Morgan fingerprint density at radius 3 is 2.73 bits per heavy atom. The average Bonchev–Trinajstić information content (AvgIpc) is 3.00. The Morgan fingerprint density at radius 1 is 1.23 bits per heavy atom. The SMILES string of the molecule is O=C(NC(C(=O)O)c1ccc2c(c1)CCO2)C1CCCCC1. The predicted octanol–water partition coefficient (Wildman–Crippen LogP) is 2.44. The van der Waals surface area contributed by atoms with E-state index in [1.165, 1.54) is 0 Å². The molecule has 3 rings (SSSR count). The van der Waals surface area contributed by atoms with E-state index < -0.39 is 12.0 Å². The molecule has 0 radical (unpaired) electrons. The number of benzene rings is 1. The largest absolute Gasteiger partial charge is 0.493 e. The van der Waals surface area contributed by atoms with Crippen molar-refractivity contribution in [2.75, 3.05) is 6.61 Å². The first-order valence-corrected chi connectivity index (χ1v) is 7.94. The first kappa shape index (κ1) is 14.9. The van der Waals surface area contributed by atoms with E-state index in [9.17, 15) is 14.7 Å². The van der Waals surface area contributed by atoms with Crippen molar-refractivity contribution in [2.24, 2.45) is 5.92 Å². The molecule has 1 amide bonds. The molecule has 1 unspecified atom stereocenters. The van der Waals surface area contributed by atoms with Crippen LogP contribution in [0.15, 0.2) is 18.2 Å². The molecule has 0 bridgehead atoms. The highest BCUT2D eigenvalue weighted by atomic mass is 16.5. The van der Waals surface area contributed by atoms with Crippen molar-refractivity contribution >= 4 is 11.9 Å². The molecule has 22 heavy (non-hydrogen) atoms. The summed E-state index contributed by atoms with van der Waals surface area (Å²) >= 11 is 0. The molecular weight excluding hydrogens is 282 g/mol. The van der Waals surface area contributed by atoms with Crippen LogP contribution in [-0.4, -0.2) is 23.6 Å². The first-order chi connectivity index (χ1) is 10.6. The second-order valence-corrected chi connectivity index (χ2v) is 6.08. The van der Waals surface area contributed by atoms with Crippen LogP contribution in [0, 0.1) is 5.92 Å². The lowest BCUT2D eigenvalue weighted by molar-refractivity contribution is -0.142. The van der Waals surface area contributed by atoms with Crippen LogP contribution in [0.2, 0.25) is 0 Å². The lowest BCUT2D eigenvalue weighted by Crippen LogP contribution is -2.38. The van der Waals surface area contributed by atoms with Gasteiger partial charge in [0.15, 0.2) is 6.04 Å². The highest BCUT2D eigenvalue weighted by Crippen LogP contribution is 2.29. The van der Waals surface area contributed by atoms with Crippen molar-refractivity contribution < 1.29 is 19.4 Å². The molecule has 1 aliphatic carbocycles.